The number of fused-ring (bicyclic) bond motifs is 1. The highest BCUT2D eigenvalue weighted by Gasteiger charge is 2.15. The molecule has 0 bridgehead atoms. The molecule has 0 spiro atoms. The Labute approximate surface area is 166 Å². The molecule has 0 fully saturated rings. The Bertz CT molecular complexity index is 1170. The van der Waals surface area contributed by atoms with Gasteiger partial charge in [0.05, 0.1) is 10.9 Å². The number of rotatable bonds is 7. The highest BCUT2D eigenvalue weighted by molar-refractivity contribution is 5.92. The molecule has 0 atom stereocenters. The lowest BCUT2D eigenvalue weighted by Crippen LogP contribution is -2.42. The standard InChI is InChI=1S/C21H22FN3O4/c1-14-12-15(22)8-9-17(14)23-19(26)13-25-18-7-4-3-6-16(18)20(27)24(21(25)28)10-5-11-29-2/h3-4,6-9,12H,5,10-11,13H2,1-2H3,(H,23,26). The molecule has 8 heteroatoms. The molecule has 1 heterocycles. The lowest BCUT2D eigenvalue weighted by molar-refractivity contribution is -0.116. The van der Waals surface area contributed by atoms with Crippen LogP contribution in [0.5, 0.6) is 0 Å². The van der Waals surface area contributed by atoms with Gasteiger partial charge in [-0.2, -0.15) is 0 Å². The van der Waals surface area contributed by atoms with Crippen molar-refractivity contribution in [3.63, 3.8) is 0 Å². The molecule has 3 rings (SSSR count). The van der Waals surface area contributed by atoms with Crippen molar-refractivity contribution in [3.8, 4) is 0 Å². The third-order valence-corrected chi connectivity index (χ3v) is 4.63. The van der Waals surface area contributed by atoms with Crippen LogP contribution in [0.1, 0.15) is 12.0 Å². The Kier molecular flexibility index (Phi) is 6.23. The lowest BCUT2D eigenvalue weighted by Gasteiger charge is -2.14. The molecule has 0 aliphatic heterocycles. The summed E-state index contributed by atoms with van der Waals surface area (Å²) in [5, 5.41) is 3.05. The van der Waals surface area contributed by atoms with E-state index in [1.54, 1.807) is 38.3 Å². The number of benzene rings is 2. The van der Waals surface area contributed by atoms with Crippen molar-refractivity contribution < 1.29 is 13.9 Å². The Balaban J connectivity index is 1.98. The fraction of sp³-hybridized carbons (Fsp3) is 0.286. The summed E-state index contributed by atoms with van der Waals surface area (Å²) < 4.78 is 20.7. The predicted octanol–water partition coefficient (Wildman–Crippen LogP) is 2.29. The number of carbonyl (C=O) groups is 1. The number of hydrogen-bond donors (Lipinski definition) is 1. The van der Waals surface area contributed by atoms with Crippen molar-refractivity contribution >= 4 is 22.5 Å². The number of nitrogens with zero attached hydrogens (tertiary/aromatic N) is 2. The van der Waals surface area contributed by atoms with Crippen molar-refractivity contribution in [3.05, 3.63) is 74.7 Å². The van der Waals surface area contributed by atoms with Crippen LogP contribution in [-0.4, -0.2) is 28.8 Å². The van der Waals surface area contributed by atoms with Crippen LogP contribution in [0.2, 0.25) is 0 Å². The summed E-state index contributed by atoms with van der Waals surface area (Å²) in [6, 6.07) is 10.7. The Hall–Kier alpha value is -3.26. The van der Waals surface area contributed by atoms with Crippen LogP contribution in [0.25, 0.3) is 10.9 Å². The number of methoxy groups -OCH3 is 1. The maximum absolute atomic E-state index is 13.3. The monoisotopic (exact) mass is 399 g/mol. The number of hydrogen-bond acceptors (Lipinski definition) is 4. The van der Waals surface area contributed by atoms with E-state index in [-0.39, 0.29) is 13.1 Å². The first kappa shape index (κ1) is 20.5. The van der Waals surface area contributed by atoms with E-state index in [1.165, 1.54) is 22.8 Å². The fourth-order valence-electron chi connectivity index (χ4n) is 3.19. The van der Waals surface area contributed by atoms with Gasteiger partial charge < -0.3 is 10.1 Å². The van der Waals surface area contributed by atoms with E-state index < -0.39 is 23.0 Å². The zero-order valence-corrected chi connectivity index (χ0v) is 16.3. The van der Waals surface area contributed by atoms with Gasteiger partial charge in [0.1, 0.15) is 12.4 Å². The molecule has 1 amide bonds. The summed E-state index contributed by atoms with van der Waals surface area (Å²) in [5.74, 6) is -0.847. The van der Waals surface area contributed by atoms with Gasteiger partial charge in [-0.15, -0.1) is 0 Å². The molecule has 7 nitrogen and oxygen atoms in total. The molecule has 29 heavy (non-hydrogen) atoms. The molecule has 1 aromatic heterocycles. The third kappa shape index (κ3) is 4.43. The zero-order valence-electron chi connectivity index (χ0n) is 16.3. The Morgan fingerprint density at radius 1 is 1.14 bits per heavy atom. The van der Waals surface area contributed by atoms with E-state index in [0.29, 0.717) is 35.2 Å². The largest absolute Gasteiger partial charge is 0.385 e. The third-order valence-electron chi connectivity index (χ3n) is 4.63. The van der Waals surface area contributed by atoms with E-state index in [0.717, 1.165) is 4.57 Å². The first-order chi connectivity index (χ1) is 13.9. The molecule has 0 unspecified atom stereocenters. The van der Waals surface area contributed by atoms with Gasteiger partial charge in [-0.05, 0) is 49.2 Å². The number of amides is 1. The van der Waals surface area contributed by atoms with Crippen LogP contribution in [0.15, 0.2) is 52.1 Å². The van der Waals surface area contributed by atoms with E-state index in [9.17, 15) is 18.8 Å². The minimum Gasteiger partial charge on any atom is -0.385 e. The van der Waals surface area contributed by atoms with E-state index in [2.05, 4.69) is 5.32 Å². The Morgan fingerprint density at radius 3 is 2.62 bits per heavy atom. The second-order valence-corrected chi connectivity index (χ2v) is 6.70. The molecule has 0 saturated carbocycles. The van der Waals surface area contributed by atoms with Crippen molar-refractivity contribution in [1.29, 1.82) is 0 Å². The number of aryl methyl sites for hydroxylation is 1. The van der Waals surface area contributed by atoms with Crippen molar-refractivity contribution in [2.45, 2.75) is 26.4 Å². The quantitative estimate of drug-likeness (QED) is 0.618. The van der Waals surface area contributed by atoms with Gasteiger partial charge in [0.15, 0.2) is 0 Å². The van der Waals surface area contributed by atoms with Gasteiger partial charge in [-0.25, -0.2) is 9.18 Å². The summed E-state index contributed by atoms with van der Waals surface area (Å²) in [7, 11) is 1.54. The van der Waals surface area contributed by atoms with Crippen LogP contribution < -0.4 is 16.6 Å². The van der Waals surface area contributed by atoms with Gasteiger partial charge in [-0.3, -0.25) is 18.7 Å². The summed E-state index contributed by atoms with van der Waals surface area (Å²) in [5.41, 5.74) is 0.460. The summed E-state index contributed by atoms with van der Waals surface area (Å²) >= 11 is 0. The van der Waals surface area contributed by atoms with Gasteiger partial charge in [0, 0.05) is 25.9 Å². The van der Waals surface area contributed by atoms with Crippen molar-refractivity contribution in [2.24, 2.45) is 0 Å². The molecule has 152 valence electrons. The first-order valence-corrected chi connectivity index (χ1v) is 9.19. The van der Waals surface area contributed by atoms with E-state index >= 15 is 0 Å². The van der Waals surface area contributed by atoms with Crippen molar-refractivity contribution in [2.75, 3.05) is 19.0 Å². The second kappa shape index (κ2) is 8.83. The van der Waals surface area contributed by atoms with Gasteiger partial charge in [0.25, 0.3) is 5.56 Å². The number of halogens is 1. The number of carbonyl (C=O) groups excluding carboxylic acids is 1. The molecule has 2 aromatic carbocycles. The molecular weight excluding hydrogens is 377 g/mol. The number of aromatic nitrogens is 2. The average Bonchev–Trinajstić information content (AvgIpc) is 2.70. The number of para-hydroxylation sites is 1. The van der Waals surface area contributed by atoms with E-state index in [1.807, 2.05) is 0 Å². The zero-order chi connectivity index (χ0) is 21.0. The predicted molar refractivity (Wildman–Crippen MR) is 109 cm³/mol. The summed E-state index contributed by atoms with van der Waals surface area (Å²) in [4.78, 5) is 38.3. The van der Waals surface area contributed by atoms with Crippen molar-refractivity contribution in [1.82, 2.24) is 9.13 Å². The maximum atomic E-state index is 13.3. The molecule has 1 N–H and O–H groups in total. The SMILES string of the molecule is COCCCn1c(=O)c2ccccc2n(CC(=O)Nc2ccc(F)cc2C)c1=O. The molecule has 0 aliphatic carbocycles. The van der Waals surface area contributed by atoms with E-state index in [4.69, 9.17) is 4.74 Å². The minimum atomic E-state index is -0.559. The van der Waals surface area contributed by atoms with Gasteiger partial charge in [0.2, 0.25) is 5.91 Å². The molecule has 0 radical (unpaired) electrons. The first-order valence-electron chi connectivity index (χ1n) is 9.19. The topological polar surface area (TPSA) is 82.3 Å². The highest BCUT2D eigenvalue weighted by Crippen LogP contribution is 2.16. The maximum Gasteiger partial charge on any atom is 0.331 e. The molecule has 3 aromatic rings. The fourth-order valence-corrected chi connectivity index (χ4v) is 3.19. The summed E-state index contributed by atoms with van der Waals surface area (Å²) in [6.45, 7) is 2.00. The number of anilines is 1. The number of ether oxygens (including phenoxy) is 1. The van der Waals surface area contributed by atoms with Gasteiger partial charge in [-0.1, -0.05) is 12.1 Å². The van der Waals surface area contributed by atoms with Crippen LogP contribution in [-0.2, 0) is 22.6 Å². The second-order valence-electron chi connectivity index (χ2n) is 6.70. The molecule has 0 aliphatic rings. The Morgan fingerprint density at radius 2 is 1.90 bits per heavy atom. The number of nitrogens with one attached hydrogen (secondary N) is 1. The average molecular weight is 399 g/mol. The molecular formula is C21H22FN3O4. The van der Waals surface area contributed by atoms with Crippen LogP contribution in [0.3, 0.4) is 0 Å². The normalized spacial score (nSPS) is 11.0. The van der Waals surface area contributed by atoms with Crippen LogP contribution in [0, 0.1) is 12.7 Å². The van der Waals surface area contributed by atoms with Gasteiger partial charge >= 0.3 is 5.69 Å². The van der Waals surface area contributed by atoms with Crippen LogP contribution >= 0.6 is 0 Å². The minimum absolute atomic E-state index is 0.190. The molecule has 0 saturated heterocycles. The highest BCUT2D eigenvalue weighted by atomic mass is 19.1. The lowest BCUT2D eigenvalue weighted by atomic mass is 10.2. The van der Waals surface area contributed by atoms with Crippen LogP contribution in [0.4, 0.5) is 10.1 Å². The smallest absolute Gasteiger partial charge is 0.331 e. The summed E-state index contributed by atoms with van der Waals surface area (Å²) in [6.07, 6.45) is 0.491.